The molecule has 1 aromatic rings. The molecule has 18 heavy (non-hydrogen) atoms. The van der Waals surface area contributed by atoms with Crippen molar-refractivity contribution in [2.45, 2.75) is 6.54 Å². The minimum Gasteiger partial charge on any atom is -0.480 e. The zero-order valence-corrected chi connectivity index (χ0v) is 11.6. The first kappa shape index (κ1) is 14.7. The van der Waals surface area contributed by atoms with Crippen LogP contribution in [0.3, 0.4) is 0 Å². The van der Waals surface area contributed by atoms with Crippen molar-refractivity contribution in [1.29, 1.82) is 0 Å². The van der Waals surface area contributed by atoms with Gasteiger partial charge in [-0.15, -0.1) is 0 Å². The highest BCUT2D eigenvalue weighted by Gasteiger charge is 2.08. The Bertz CT molecular complexity index is 437. The molecule has 0 spiro atoms. The third kappa shape index (κ3) is 5.79. The van der Waals surface area contributed by atoms with E-state index in [-0.39, 0.29) is 19.0 Å². The average Bonchev–Trinajstić information content (AvgIpc) is 2.26. The lowest BCUT2D eigenvalue weighted by Crippen LogP contribution is -2.37. The van der Waals surface area contributed by atoms with Gasteiger partial charge >= 0.3 is 5.97 Å². The molecule has 0 unspecified atom stereocenters. The molecule has 6 heteroatoms. The van der Waals surface area contributed by atoms with Gasteiger partial charge < -0.3 is 10.4 Å². The summed E-state index contributed by atoms with van der Waals surface area (Å²) in [5.74, 6) is -1.34. The Morgan fingerprint density at radius 2 is 2.17 bits per heavy atom. The number of hydrogen-bond acceptors (Lipinski definition) is 3. The van der Waals surface area contributed by atoms with E-state index in [4.69, 9.17) is 5.11 Å². The summed E-state index contributed by atoms with van der Waals surface area (Å²) >= 11 is 3.38. The first-order valence-corrected chi connectivity index (χ1v) is 6.18. The molecule has 0 aliphatic rings. The Morgan fingerprint density at radius 3 is 2.78 bits per heavy atom. The van der Waals surface area contributed by atoms with Crippen LogP contribution in [0.1, 0.15) is 5.56 Å². The molecular formula is C12H15BrN2O3. The Kier molecular flexibility index (Phi) is 5.80. The summed E-state index contributed by atoms with van der Waals surface area (Å²) in [5, 5.41) is 10.7. The molecule has 0 fully saturated rings. The molecule has 1 amide bonds. The molecule has 98 valence electrons. The number of carbonyl (C=O) groups is 2. The van der Waals surface area contributed by atoms with E-state index in [0.29, 0.717) is 6.54 Å². The molecule has 0 heterocycles. The van der Waals surface area contributed by atoms with Crippen LogP contribution in [0.4, 0.5) is 0 Å². The summed E-state index contributed by atoms with van der Waals surface area (Å²) < 4.78 is 0.990. The molecule has 0 bridgehead atoms. The summed E-state index contributed by atoms with van der Waals surface area (Å²) in [7, 11) is 1.81. The van der Waals surface area contributed by atoms with Gasteiger partial charge in [0.25, 0.3) is 0 Å². The number of rotatable bonds is 6. The van der Waals surface area contributed by atoms with Crippen LogP contribution in [-0.4, -0.2) is 42.0 Å². The number of hydrogen-bond donors (Lipinski definition) is 2. The molecule has 0 aliphatic carbocycles. The molecule has 5 nitrogen and oxygen atoms in total. The summed E-state index contributed by atoms with van der Waals surface area (Å²) in [6.07, 6.45) is 0. The lowest BCUT2D eigenvalue weighted by Gasteiger charge is -2.16. The van der Waals surface area contributed by atoms with E-state index in [1.165, 1.54) is 0 Å². The molecule has 1 rings (SSSR count). The highest BCUT2D eigenvalue weighted by Crippen LogP contribution is 2.12. The zero-order chi connectivity index (χ0) is 13.5. The Morgan fingerprint density at radius 1 is 1.44 bits per heavy atom. The lowest BCUT2D eigenvalue weighted by atomic mass is 10.2. The number of likely N-dealkylation sites (N-methyl/N-ethyl adjacent to an activating group) is 1. The number of aliphatic carboxylic acids is 1. The van der Waals surface area contributed by atoms with Crippen molar-refractivity contribution < 1.29 is 14.7 Å². The number of carboxylic acid groups (broad SMARTS) is 1. The van der Waals surface area contributed by atoms with E-state index >= 15 is 0 Å². The van der Waals surface area contributed by atoms with Gasteiger partial charge in [-0.05, 0) is 24.7 Å². The first-order chi connectivity index (χ1) is 8.47. The van der Waals surface area contributed by atoms with Crippen molar-refractivity contribution in [1.82, 2.24) is 10.2 Å². The largest absolute Gasteiger partial charge is 0.480 e. The van der Waals surface area contributed by atoms with E-state index in [2.05, 4.69) is 21.2 Å². The Labute approximate surface area is 114 Å². The smallest absolute Gasteiger partial charge is 0.322 e. The predicted molar refractivity (Wildman–Crippen MR) is 71.1 cm³/mol. The predicted octanol–water partition coefficient (Wildman–Crippen LogP) is 1.08. The van der Waals surface area contributed by atoms with Crippen molar-refractivity contribution in [2.75, 3.05) is 20.1 Å². The molecule has 0 atom stereocenters. The first-order valence-electron chi connectivity index (χ1n) is 5.39. The standard InChI is InChI=1S/C12H15BrN2O3/c1-15(8-11(16)14-6-12(17)18)7-9-3-2-4-10(13)5-9/h2-5H,6-8H2,1H3,(H,14,16)(H,17,18). The second-order valence-corrected chi connectivity index (χ2v) is 4.89. The number of amides is 1. The number of nitrogens with one attached hydrogen (secondary N) is 1. The topological polar surface area (TPSA) is 69.6 Å². The number of halogens is 1. The van der Waals surface area contributed by atoms with E-state index in [1.54, 1.807) is 7.05 Å². The van der Waals surface area contributed by atoms with Crippen LogP contribution in [0.5, 0.6) is 0 Å². The van der Waals surface area contributed by atoms with Gasteiger partial charge in [0.2, 0.25) is 5.91 Å². The molecule has 0 radical (unpaired) electrons. The molecule has 0 saturated carbocycles. The van der Waals surface area contributed by atoms with Crippen LogP contribution in [0.2, 0.25) is 0 Å². The summed E-state index contributed by atoms with van der Waals surface area (Å²) in [6.45, 7) is 0.448. The number of carbonyl (C=O) groups excluding carboxylic acids is 1. The van der Waals surface area contributed by atoms with Gasteiger partial charge in [0, 0.05) is 11.0 Å². The van der Waals surface area contributed by atoms with E-state index in [9.17, 15) is 9.59 Å². The maximum absolute atomic E-state index is 11.4. The lowest BCUT2D eigenvalue weighted by molar-refractivity contribution is -0.138. The van der Waals surface area contributed by atoms with Gasteiger partial charge in [-0.2, -0.15) is 0 Å². The van der Waals surface area contributed by atoms with Crippen LogP contribution in [-0.2, 0) is 16.1 Å². The Hall–Kier alpha value is -1.40. The summed E-state index contributed by atoms with van der Waals surface area (Å²) in [4.78, 5) is 23.5. The average molecular weight is 315 g/mol. The van der Waals surface area contributed by atoms with Gasteiger partial charge in [0.05, 0.1) is 6.54 Å². The van der Waals surface area contributed by atoms with E-state index < -0.39 is 5.97 Å². The molecule has 2 N–H and O–H groups in total. The number of benzene rings is 1. The normalized spacial score (nSPS) is 10.4. The molecule has 0 aromatic heterocycles. The minimum atomic E-state index is -1.04. The van der Waals surface area contributed by atoms with Crippen LogP contribution >= 0.6 is 15.9 Å². The fourth-order valence-corrected chi connectivity index (χ4v) is 1.92. The quantitative estimate of drug-likeness (QED) is 0.824. The van der Waals surface area contributed by atoms with Crippen molar-refractivity contribution in [3.8, 4) is 0 Å². The monoisotopic (exact) mass is 314 g/mol. The maximum Gasteiger partial charge on any atom is 0.322 e. The van der Waals surface area contributed by atoms with Gasteiger partial charge in [-0.25, -0.2) is 0 Å². The van der Waals surface area contributed by atoms with Crippen molar-refractivity contribution in [3.63, 3.8) is 0 Å². The third-order valence-corrected chi connectivity index (χ3v) is 2.69. The molecular weight excluding hydrogens is 300 g/mol. The Balaban J connectivity index is 2.39. The maximum atomic E-state index is 11.4. The zero-order valence-electron chi connectivity index (χ0n) is 10.0. The minimum absolute atomic E-state index is 0.166. The molecule has 1 aromatic carbocycles. The van der Waals surface area contributed by atoms with Gasteiger partial charge in [-0.3, -0.25) is 14.5 Å². The van der Waals surface area contributed by atoms with Crippen LogP contribution in [0.15, 0.2) is 28.7 Å². The molecule has 0 saturated heterocycles. The molecule has 0 aliphatic heterocycles. The van der Waals surface area contributed by atoms with Crippen molar-refractivity contribution >= 4 is 27.8 Å². The number of nitrogens with zero attached hydrogens (tertiary/aromatic N) is 1. The van der Waals surface area contributed by atoms with Crippen molar-refractivity contribution in [2.24, 2.45) is 0 Å². The number of carboxylic acids is 1. The second kappa shape index (κ2) is 7.13. The second-order valence-electron chi connectivity index (χ2n) is 3.97. The van der Waals surface area contributed by atoms with Gasteiger partial charge in [-0.1, -0.05) is 28.1 Å². The van der Waals surface area contributed by atoms with E-state index in [0.717, 1.165) is 10.0 Å². The van der Waals surface area contributed by atoms with Crippen molar-refractivity contribution in [3.05, 3.63) is 34.3 Å². The summed E-state index contributed by atoms with van der Waals surface area (Å²) in [6, 6.07) is 7.81. The van der Waals surface area contributed by atoms with Gasteiger partial charge in [0.15, 0.2) is 0 Å². The van der Waals surface area contributed by atoms with Crippen LogP contribution in [0.25, 0.3) is 0 Å². The van der Waals surface area contributed by atoms with E-state index in [1.807, 2.05) is 29.2 Å². The fourth-order valence-electron chi connectivity index (χ4n) is 1.48. The highest BCUT2D eigenvalue weighted by atomic mass is 79.9. The van der Waals surface area contributed by atoms with Crippen LogP contribution < -0.4 is 5.32 Å². The van der Waals surface area contributed by atoms with Gasteiger partial charge in [0.1, 0.15) is 6.54 Å². The van der Waals surface area contributed by atoms with Crippen LogP contribution in [0, 0.1) is 0 Å². The SMILES string of the molecule is CN(CC(=O)NCC(=O)O)Cc1cccc(Br)c1. The fraction of sp³-hybridized carbons (Fsp3) is 0.333. The highest BCUT2D eigenvalue weighted by molar-refractivity contribution is 9.10. The third-order valence-electron chi connectivity index (χ3n) is 2.19. The summed E-state index contributed by atoms with van der Waals surface area (Å²) in [5.41, 5.74) is 1.08.